The Morgan fingerprint density at radius 2 is 1.94 bits per heavy atom. The quantitative estimate of drug-likeness (QED) is 0.858. The lowest BCUT2D eigenvalue weighted by molar-refractivity contribution is 0.694. The normalized spacial score (nSPS) is 12.6. The molecule has 0 radical (unpaired) electrons. The lowest BCUT2D eigenvalue weighted by Gasteiger charge is -2.14. The van der Waals surface area contributed by atoms with Gasteiger partial charge in [0.2, 0.25) is 0 Å². The van der Waals surface area contributed by atoms with Crippen molar-refractivity contribution in [2.45, 2.75) is 19.3 Å². The van der Waals surface area contributed by atoms with E-state index in [1.54, 1.807) is 0 Å². The van der Waals surface area contributed by atoms with Crippen molar-refractivity contribution >= 4 is 11.3 Å². The van der Waals surface area contributed by atoms with E-state index in [2.05, 4.69) is 42.6 Å². The highest BCUT2D eigenvalue weighted by atomic mass is 32.1. The van der Waals surface area contributed by atoms with E-state index in [9.17, 15) is 0 Å². The van der Waals surface area contributed by atoms with Crippen LogP contribution in [0, 0.1) is 6.92 Å². The monoisotopic (exact) mass is 231 g/mol. The van der Waals surface area contributed by atoms with Gasteiger partial charge in [0.05, 0.1) is 0 Å². The molecule has 0 aliphatic heterocycles. The van der Waals surface area contributed by atoms with Crippen LogP contribution in [0.3, 0.4) is 0 Å². The van der Waals surface area contributed by atoms with Gasteiger partial charge >= 0.3 is 0 Å². The Bertz CT molecular complexity index is 433. The highest BCUT2D eigenvalue weighted by molar-refractivity contribution is 7.10. The first-order chi connectivity index (χ1) is 7.81. The Balaban J connectivity index is 2.16. The van der Waals surface area contributed by atoms with Crippen LogP contribution in [0.1, 0.15) is 21.9 Å². The second-order valence-electron chi connectivity index (χ2n) is 4.05. The zero-order valence-electron chi connectivity index (χ0n) is 9.52. The van der Waals surface area contributed by atoms with Gasteiger partial charge in [0.1, 0.15) is 0 Å². The molecule has 1 aromatic carbocycles. The zero-order valence-corrected chi connectivity index (χ0v) is 10.3. The third-order valence-electron chi connectivity index (χ3n) is 2.99. The van der Waals surface area contributed by atoms with Gasteiger partial charge in [-0.25, -0.2) is 0 Å². The summed E-state index contributed by atoms with van der Waals surface area (Å²) >= 11 is 1.81. The molecule has 0 aliphatic carbocycles. The van der Waals surface area contributed by atoms with Crippen molar-refractivity contribution in [1.82, 2.24) is 0 Å². The van der Waals surface area contributed by atoms with Crippen LogP contribution < -0.4 is 5.73 Å². The maximum Gasteiger partial charge on any atom is 0.00464 e. The van der Waals surface area contributed by atoms with Gasteiger partial charge in [-0.2, -0.15) is 0 Å². The molecule has 1 atom stereocenters. The van der Waals surface area contributed by atoms with Gasteiger partial charge < -0.3 is 5.73 Å². The topological polar surface area (TPSA) is 26.0 Å². The molecule has 16 heavy (non-hydrogen) atoms. The minimum Gasteiger partial charge on any atom is -0.330 e. The van der Waals surface area contributed by atoms with E-state index in [4.69, 9.17) is 5.73 Å². The molecule has 2 heteroatoms. The van der Waals surface area contributed by atoms with Gasteiger partial charge in [-0.1, -0.05) is 30.3 Å². The summed E-state index contributed by atoms with van der Waals surface area (Å²) in [5, 5.41) is 2.16. The van der Waals surface area contributed by atoms with Gasteiger partial charge in [-0.3, -0.25) is 0 Å². The van der Waals surface area contributed by atoms with Crippen molar-refractivity contribution < 1.29 is 0 Å². The van der Waals surface area contributed by atoms with Crippen molar-refractivity contribution in [2.75, 3.05) is 6.54 Å². The van der Waals surface area contributed by atoms with Crippen LogP contribution in [0.15, 0.2) is 41.8 Å². The van der Waals surface area contributed by atoms with Gasteiger partial charge in [0, 0.05) is 10.8 Å². The second kappa shape index (κ2) is 5.28. The lowest BCUT2D eigenvalue weighted by atomic mass is 9.92. The minimum atomic E-state index is 0.439. The van der Waals surface area contributed by atoms with Crippen molar-refractivity contribution in [1.29, 1.82) is 0 Å². The fraction of sp³-hybridized carbons (Fsp3) is 0.286. The Morgan fingerprint density at radius 1 is 1.19 bits per heavy atom. The maximum atomic E-state index is 5.87. The highest BCUT2D eigenvalue weighted by Crippen LogP contribution is 2.24. The van der Waals surface area contributed by atoms with Gasteiger partial charge in [-0.15, -0.1) is 11.3 Å². The SMILES string of the molecule is Cc1sccc1CC(CN)c1ccccc1. The number of rotatable bonds is 4. The molecule has 1 heterocycles. The lowest BCUT2D eigenvalue weighted by Crippen LogP contribution is -2.15. The molecule has 2 N–H and O–H groups in total. The molecular formula is C14H17NS. The van der Waals surface area contributed by atoms with Crippen LogP contribution in [-0.4, -0.2) is 6.54 Å². The molecule has 84 valence electrons. The first-order valence-corrected chi connectivity index (χ1v) is 6.47. The predicted octanol–water partition coefficient (Wildman–Crippen LogP) is 3.34. The average molecular weight is 231 g/mol. The number of nitrogens with two attached hydrogens (primary N) is 1. The Morgan fingerprint density at radius 3 is 2.50 bits per heavy atom. The van der Waals surface area contributed by atoms with Gasteiger partial charge in [-0.05, 0) is 42.5 Å². The highest BCUT2D eigenvalue weighted by Gasteiger charge is 2.11. The summed E-state index contributed by atoms with van der Waals surface area (Å²) in [6.07, 6.45) is 1.05. The number of hydrogen-bond donors (Lipinski definition) is 1. The molecule has 0 amide bonds. The molecule has 1 unspecified atom stereocenters. The van der Waals surface area contributed by atoms with E-state index in [-0.39, 0.29) is 0 Å². The number of benzene rings is 1. The molecule has 0 saturated heterocycles. The fourth-order valence-corrected chi connectivity index (χ4v) is 2.69. The molecule has 0 fully saturated rings. The minimum absolute atomic E-state index is 0.439. The molecule has 0 bridgehead atoms. The van der Waals surface area contributed by atoms with Crippen LogP contribution in [0.5, 0.6) is 0 Å². The fourth-order valence-electron chi connectivity index (χ4n) is 1.95. The first-order valence-electron chi connectivity index (χ1n) is 5.59. The molecule has 2 rings (SSSR count). The Kier molecular flexibility index (Phi) is 3.75. The third-order valence-corrected chi connectivity index (χ3v) is 3.88. The van der Waals surface area contributed by atoms with Gasteiger partial charge in [0.25, 0.3) is 0 Å². The van der Waals surface area contributed by atoms with E-state index in [1.165, 1.54) is 16.0 Å². The number of hydrogen-bond acceptors (Lipinski definition) is 2. The molecule has 1 aromatic heterocycles. The van der Waals surface area contributed by atoms with Crippen LogP contribution in [-0.2, 0) is 6.42 Å². The van der Waals surface area contributed by atoms with E-state index in [1.807, 2.05) is 17.4 Å². The van der Waals surface area contributed by atoms with Crippen LogP contribution in [0.2, 0.25) is 0 Å². The smallest absolute Gasteiger partial charge is 0.00464 e. The van der Waals surface area contributed by atoms with Gasteiger partial charge in [0.15, 0.2) is 0 Å². The number of aryl methyl sites for hydroxylation is 1. The molecule has 0 spiro atoms. The summed E-state index contributed by atoms with van der Waals surface area (Å²) in [5.74, 6) is 0.439. The predicted molar refractivity (Wildman–Crippen MR) is 71.0 cm³/mol. The largest absolute Gasteiger partial charge is 0.330 e. The maximum absolute atomic E-state index is 5.87. The summed E-state index contributed by atoms with van der Waals surface area (Å²) < 4.78 is 0. The first kappa shape index (κ1) is 11.4. The Hall–Kier alpha value is -1.12. The van der Waals surface area contributed by atoms with E-state index in [0.717, 1.165) is 6.42 Å². The molecular weight excluding hydrogens is 214 g/mol. The molecule has 1 nitrogen and oxygen atoms in total. The number of thiophene rings is 1. The van der Waals surface area contributed by atoms with E-state index >= 15 is 0 Å². The van der Waals surface area contributed by atoms with Crippen molar-refractivity contribution in [3.05, 3.63) is 57.8 Å². The summed E-state index contributed by atoms with van der Waals surface area (Å²) in [6, 6.07) is 12.8. The van der Waals surface area contributed by atoms with Crippen LogP contribution in [0.25, 0.3) is 0 Å². The molecule has 0 aliphatic rings. The average Bonchev–Trinajstić information content (AvgIpc) is 2.73. The third kappa shape index (κ3) is 2.52. The van der Waals surface area contributed by atoms with Crippen molar-refractivity contribution in [3.8, 4) is 0 Å². The van der Waals surface area contributed by atoms with Crippen LogP contribution in [0.4, 0.5) is 0 Å². The summed E-state index contributed by atoms with van der Waals surface area (Å²) in [7, 11) is 0. The van der Waals surface area contributed by atoms with E-state index in [0.29, 0.717) is 12.5 Å². The van der Waals surface area contributed by atoms with Crippen molar-refractivity contribution in [3.63, 3.8) is 0 Å². The molecule has 2 aromatic rings. The summed E-state index contributed by atoms with van der Waals surface area (Å²) in [6.45, 7) is 2.89. The summed E-state index contributed by atoms with van der Waals surface area (Å²) in [5.41, 5.74) is 8.65. The molecule has 0 saturated carbocycles. The zero-order chi connectivity index (χ0) is 11.4. The standard InChI is InChI=1S/C14H17NS/c1-11-13(7-8-16-11)9-14(10-15)12-5-3-2-4-6-12/h2-8,14H,9-10,15H2,1H3. The van der Waals surface area contributed by atoms with E-state index < -0.39 is 0 Å². The second-order valence-corrected chi connectivity index (χ2v) is 5.17. The summed E-state index contributed by atoms with van der Waals surface area (Å²) in [4.78, 5) is 1.41. The van der Waals surface area contributed by atoms with Crippen LogP contribution >= 0.6 is 11.3 Å². The van der Waals surface area contributed by atoms with Crippen molar-refractivity contribution in [2.24, 2.45) is 5.73 Å². The Labute approximate surface area is 101 Å².